The molecule has 2 rings (SSSR count). The summed E-state index contributed by atoms with van der Waals surface area (Å²) in [6.07, 6.45) is 1.50. The molecule has 1 aromatic heterocycles. The van der Waals surface area contributed by atoms with Crippen LogP contribution in [-0.2, 0) is 0 Å². The van der Waals surface area contributed by atoms with E-state index in [-0.39, 0.29) is 5.91 Å². The van der Waals surface area contributed by atoms with Crippen LogP contribution in [0.3, 0.4) is 0 Å². The Morgan fingerprint density at radius 1 is 1.21 bits per heavy atom. The molecule has 5 nitrogen and oxygen atoms in total. The first kappa shape index (κ1) is 13.0. The van der Waals surface area contributed by atoms with Gasteiger partial charge in [-0.2, -0.15) is 0 Å². The Balaban J connectivity index is 2.20. The number of nitrogens with zero attached hydrogens (tertiary/aromatic N) is 2. The molecule has 0 fully saturated rings. The van der Waals surface area contributed by atoms with Gasteiger partial charge in [-0.15, -0.1) is 0 Å². The number of rotatable bonds is 3. The van der Waals surface area contributed by atoms with Gasteiger partial charge in [-0.05, 0) is 31.2 Å². The lowest BCUT2D eigenvalue weighted by molar-refractivity contribution is 0.0992. The molecule has 0 aliphatic rings. The van der Waals surface area contributed by atoms with Crippen LogP contribution >= 0.6 is 0 Å². The molecule has 2 aromatic rings. The topological polar surface area (TPSA) is 71.2 Å². The number of nitrogens with two attached hydrogens (primary N) is 1. The maximum atomic E-state index is 12.3. The number of anilines is 2. The molecule has 3 N–H and O–H groups in total. The highest BCUT2D eigenvalue weighted by atomic mass is 16.2. The maximum absolute atomic E-state index is 12.3. The largest absolute Gasteiger partial charge is 0.311 e. The molecule has 98 valence electrons. The van der Waals surface area contributed by atoms with E-state index in [0.717, 1.165) is 11.3 Å². The van der Waals surface area contributed by atoms with Crippen LogP contribution in [0, 0.1) is 6.92 Å². The number of aryl methyl sites for hydroxylation is 1. The summed E-state index contributed by atoms with van der Waals surface area (Å²) in [6, 6.07) is 11.1. The van der Waals surface area contributed by atoms with Crippen LogP contribution in [0.4, 0.5) is 11.5 Å². The number of hydrogen-bond donors (Lipinski definition) is 2. The SMILES string of the molecule is Cc1ccc(N(C)C(=O)c2ccc(NN)nc2)cc1. The highest BCUT2D eigenvalue weighted by Crippen LogP contribution is 2.16. The zero-order valence-corrected chi connectivity index (χ0v) is 10.9. The van der Waals surface area contributed by atoms with Gasteiger partial charge in [0.1, 0.15) is 5.82 Å². The Labute approximate surface area is 112 Å². The molecule has 0 spiro atoms. The van der Waals surface area contributed by atoms with E-state index in [0.29, 0.717) is 11.4 Å². The molecule has 1 heterocycles. The number of nitrogen functional groups attached to an aromatic ring is 1. The predicted octanol–water partition coefficient (Wildman–Crippen LogP) is 1.95. The molecule has 0 aliphatic carbocycles. The molecule has 5 heteroatoms. The standard InChI is InChI=1S/C14H16N4O/c1-10-3-6-12(7-4-10)18(2)14(19)11-5-8-13(17-15)16-9-11/h3-9H,15H2,1-2H3,(H,16,17). The molecule has 0 aliphatic heterocycles. The van der Waals surface area contributed by atoms with Crippen LogP contribution in [-0.4, -0.2) is 17.9 Å². The molecule has 0 radical (unpaired) electrons. The van der Waals surface area contributed by atoms with E-state index in [1.54, 1.807) is 24.1 Å². The first-order valence-electron chi connectivity index (χ1n) is 5.89. The number of carbonyl (C=O) groups is 1. The van der Waals surface area contributed by atoms with Gasteiger partial charge in [-0.25, -0.2) is 10.8 Å². The lowest BCUT2D eigenvalue weighted by Crippen LogP contribution is -2.26. The van der Waals surface area contributed by atoms with E-state index in [1.807, 2.05) is 31.2 Å². The van der Waals surface area contributed by atoms with E-state index in [1.165, 1.54) is 6.20 Å². The van der Waals surface area contributed by atoms with E-state index in [2.05, 4.69) is 10.4 Å². The molecule has 19 heavy (non-hydrogen) atoms. The van der Waals surface area contributed by atoms with Crippen molar-refractivity contribution in [3.63, 3.8) is 0 Å². The Morgan fingerprint density at radius 2 is 1.89 bits per heavy atom. The van der Waals surface area contributed by atoms with Gasteiger partial charge in [-0.3, -0.25) is 4.79 Å². The second-order valence-corrected chi connectivity index (χ2v) is 4.28. The summed E-state index contributed by atoms with van der Waals surface area (Å²) in [5.41, 5.74) is 4.94. The number of carbonyl (C=O) groups excluding carboxylic acids is 1. The zero-order valence-electron chi connectivity index (χ0n) is 10.9. The van der Waals surface area contributed by atoms with E-state index in [4.69, 9.17) is 5.84 Å². The number of aromatic nitrogens is 1. The smallest absolute Gasteiger partial charge is 0.259 e. The first-order chi connectivity index (χ1) is 9.11. The van der Waals surface area contributed by atoms with Gasteiger partial charge >= 0.3 is 0 Å². The summed E-state index contributed by atoms with van der Waals surface area (Å²) in [4.78, 5) is 17.9. The van der Waals surface area contributed by atoms with Gasteiger partial charge in [-0.1, -0.05) is 17.7 Å². The molecule has 0 atom stereocenters. The van der Waals surface area contributed by atoms with Gasteiger partial charge < -0.3 is 10.3 Å². The van der Waals surface area contributed by atoms with Crippen molar-refractivity contribution in [3.05, 3.63) is 53.7 Å². The summed E-state index contributed by atoms with van der Waals surface area (Å²) in [5, 5.41) is 0. The second-order valence-electron chi connectivity index (χ2n) is 4.28. The van der Waals surface area contributed by atoms with E-state index >= 15 is 0 Å². The van der Waals surface area contributed by atoms with E-state index in [9.17, 15) is 4.79 Å². The third-order valence-corrected chi connectivity index (χ3v) is 2.88. The molecular weight excluding hydrogens is 240 g/mol. The fourth-order valence-electron chi connectivity index (χ4n) is 1.69. The molecule has 0 bridgehead atoms. The van der Waals surface area contributed by atoms with Crippen molar-refractivity contribution >= 4 is 17.4 Å². The lowest BCUT2D eigenvalue weighted by atomic mass is 10.2. The Kier molecular flexibility index (Phi) is 3.77. The lowest BCUT2D eigenvalue weighted by Gasteiger charge is -2.17. The van der Waals surface area contributed by atoms with Crippen LogP contribution in [0.1, 0.15) is 15.9 Å². The fourth-order valence-corrected chi connectivity index (χ4v) is 1.69. The van der Waals surface area contributed by atoms with Crippen LogP contribution in [0.5, 0.6) is 0 Å². The third kappa shape index (κ3) is 2.89. The number of pyridine rings is 1. The number of hydrogen-bond acceptors (Lipinski definition) is 4. The zero-order chi connectivity index (χ0) is 13.8. The highest BCUT2D eigenvalue weighted by Gasteiger charge is 2.13. The second kappa shape index (κ2) is 5.49. The van der Waals surface area contributed by atoms with Gasteiger partial charge in [0.05, 0.1) is 5.56 Å². The minimum Gasteiger partial charge on any atom is -0.311 e. The van der Waals surface area contributed by atoms with Crippen molar-refractivity contribution < 1.29 is 4.79 Å². The first-order valence-corrected chi connectivity index (χ1v) is 5.89. The number of amides is 1. The average Bonchev–Trinajstić information content (AvgIpc) is 2.46. The monoisotopic (exact) mass is 256 g/mol. The van der Waals surface area contributed by atoms with Gasteiger partial charge in [0.2, 0.25) is 0 Å². The summed E-state index contributed by atoms with van der Waals surface area (Å²) >= 11 is 0. The van der Waals surface area contributed by atoms with Crippen LogP contribution in [0.15, 0.2) is 42.6 Å². The Bertz CT molecular complexity index is 563. The number of hydrazine groups is 1. The van der Waals surface area contributed by atoms with Crippen molar-refractivity contribution in [3.8, 4) is 0 Å². The van der Waals surface area contributed by atoms with Gasteiger partial charge in [0.25, 0.3) is 5.91 Å². The van der Waals surface area contributed by atoms with Crippen LogP contribution in [0.2, 0.25) is 0 Å². The Hall–Kier alpha value is -2.40. The van der Waals surface area contributed by atoms with E-state index < -0.39 is 0 Å². The molecule has 0 saturated heterocycles. The van der Waals surface area contributed by atoms with Crippen molar-refractivity contribution in [2.24, 2.45) is 5.84 Å². The van der Waals surface area contributed by atoms with Crippen molar-refractivity contribution in [1.29, 1.82) is 0 Å². The molecule has 1 aromatic carbocycles. The molecule has 0 unspecified atom stereocenters. The van der Waals surface area contributed by atoms with Crippen molar-refractivity contribution in [2.75, 3.05) is 17.4 Å². The summed E-state index contributed by atoms with van der Waals surface area (Å²) in [7, 11) is 1.74. The van der Waals surface area contributed by atoms with Crippen molar-refractivity contribution in [2.45, 2.75) is 6.92 Å². The predicted molar refractivity (Wildman–Crippen MR) is 76.0 cm³/mol. The summed E-state index contributed by atoms with van der Waals surface area (Å²) in [6.45, 7) is 2.01. The minimum atomic E-state index is -0.111. The maximum Gasteiger partial charge on any atom is 0.259 e. The summed E-state index contributed by atoms with van der Waals surface area (Å²) < 4.78 is 0. The normalized spacial score (nSPS) is 10.1. The highest BCUT2D eigenvalue weighted by molar-refractivity contribution is 6.05. The Morgan fingerprint density at radius 3 is 2.42 bits per heavy atom. The molecular formula is C14H16N4O. The summed E-state index contributed by atoms with van der Waals surface area (Å²) in [5.74, 6) is 5.64. The number of benzene rings is 1. The average molecular weight is 256 g/mol. The van der Waals surface area contributed by atoms with Gasteiger partial charge in [0.15, 0.2) is 0 Å². The number of nitrogens with one attached hydrogen (secondary N) is 1. The van der Waals surface area contributed by atoms with Crippen LogP contribution < -0.4 is 16.2 Å². The van der Waals surface area contributed by atoms with Crippen LogP contribution in [0.25, 0.3) is 0 Å². The third-order valence-electron chi connectivity index (χ3n) is 2.88. The quantitative estimate of drug-likeness (QED) is 0.650. The molecule has 1 amide bonds. The fraction of sp³-hybridized carbons (Fsp3) is 0.143. The van der Waals surface area contributed by atoms with Gasteiger partial charge in [0, 0.05) is 18.9 Å². The molecule has 0 saturated carbocycles. The minimum absolute atomic E-state index is 0.111. The van der Waals surface area contributed by atoms with Crippen molar-refractivity contribution in [1.82, 2.24) is 4.98 Å².